The van der Waals surface area contributed by atoms with Gasteiger partial charge in [-0.15, -0.1) is 0 Å². The molecule has 0 heterocycles. The quantitative estimate of drug-likeness (QED) is 0.715. The second-order valence-electron chi connectivity index (χ2n) is 3.86. The molecule has 0 amide bonds. The minimum absolute atomic E-state index is 0.246. The standard InChI is InChI=1S/C9H16ClNO2/c1-6(10)5-7(11)8(12)13-9(2,3)4/h7H,1,5,11H2,2-4H3/t7-/m0/s1. The Morgan fingerprint density at radius 1 is 1.62 bits per heavy atom. The smallest absolute Gasteiger partial charge is 0.323 e. The number of carbonyl (C=O) groups excluding carboxylic acids is 1. The summed E-state index contributed by atoms with van der Waals surface area (Å²) in [5.41, 5.74) is 4.99. The highest BCUT2D eigenvalue weighted by Crippen LogP contribution is 2.12. The minimum Gasteiger partial charge on any atom is -0.459 e. The first-order valence-electron chi connectivity index (χ1n) is 4.04. The highest BCUT2D eigenvalue weighted by atomic mass is 35.5. The fourth-order valence-electron chi connectivity index (χ4n) is 0.699. The Balaban J connectivity index is 4.05. The molecule has 1 atom stereocenters. The van der Waals surface area contributed by atoms with Gasteiger partial charge in [0, 0.05) is 11.5 Å². The molecule has 0 aliphatic rings. The zero-order valence-corrected chi connectivity index (χ0v) is 9.02. The molecule has 0 spiro atoms. The first-order chi connectivity index (χ1) is 5.72. The summed E-state index contributed by atoms with van der Waals surface area (Å²) in [5, 5.41) is 0.360. The molecule has 0 radical (unpaired) electrons. The summed E-state index contributed by atoms with van der Waals surface area (Å²) in [6, 6.07) is -0.718. The molecule has 0 aliphatic carbocycles. The Morgan fingerprint density at radius 3 is 2.38 bits per heavy atom. The van der Waals surface area contributed by atoms with Gasteiger partial charge in [-0.1, -0.05) is 18.2 Å². The van der Waals surface area contributed by atoms with Crippen LogP contribution in [-0.2, 0) is 9.53 Å². The Bertz CT molecular complexity index is 208. The van der Waals surface area contributed by atoms with Crippen molar-refractivity contribution in [2.24, 2.45) is 5.73 Å². The summed E-state index contributed by atoms with van der Waals surface area (Å²) in [5.74, 6) is -0.450. The van der Waals surface area contributed by atoms with Crippen LogP contribution >= 0.6 is 11.6 Å². The normalized spacial score (nSPS) is 13.6. The van der Waals surface area contributed by atoms with E-state index in [0.717, 1.165) is 0 Å². The number of ether oxygens (including phenoxy) is 1. The van der Waals surface area contributed by atoms with Crippen molar-refractivity contribution in [3.05, 3.63) is 11.6 Å². The van der Waals surface area contributed by atoms with Crippen LogP contribution in [0.2, 0.25) is 0 Å². The second-order valence-corrected chi connectivity index (χ2v) is 4.40. The second kappa shape index (κ2) is 4.63. The van der Waals surface area contributed by atoms with Crippen LogP contribution in [0.4, 0.5) is 0 Å². The van der Waals surface area contributed by atoms with Crippen LogP contribution in [-0.4, -0.2) is 17.6 Å². The molecule has 0 aliphatic heterocycles. The summed E-state index contributed by atoms with van der Waals surface area (Å²) in [6.45, 7) is 8.81. The maximum Gasteiger partial charge on any atom is 0.323 e. The number of hydrogen-bond donors (Lipinski definition) is 1. The van der Waals surface area contributed by atoms with Crippen molar-refractivity contribution in [3.63, 3.8) is 0 Å². The average molecular weight is 206 g/mol. The highest BCUT2D eigenvalue weighted by Gasteiger charge is 2.22. The van der Waals surface area contributed by atoms with Crippen molar-refractivity contribution < 1.29 is 9.53 Å². The number of esters is 1. The van der Waals surface area contributed by atoms with E-state index in [2.05, 4.69) is 6.58 Å². The van der Waals surface area contributed by atoms with Crippen LogP contribution in [0.15, 0.2) is 11.6 Å². The molecule has 4 heteroatoms. The van der Waals surface area contributed by atoms with Gasteiger partial charge in [0.25, 0.3) is 0 Å². The lowest BCUT2D eigenvalue weighted by atomic mass is 10.1. The van der Waals surface area contributed by atoms with Gasteiger partial charge in [0.15, 0.2) is 0 Å². The van der Waals surface area contributed by atoms with Gasteiger partial charge in [0.1, 0.15) is 11.6 Å². The molecule has 3 nitrogen and oxygen atoms in total. The van der Waals surface area contributed by atoms with E-state index in [0.29, 0.717) is 5.03 Å². The zero-order chi connectivity index (χ0) is 10.6. The van der Waals surface area contributed by atoms with Crippen LogP contribution in [0.3, 0.4) is 0 Å². The van der Waals surface area contributed by atoms with E-state index in [-0.39, 0.29) is 6.42 Å². The Morgan fingerprint density at radius 2 is 2.08 bits per heavy atom. The van der Waals surface area contributed by atoms with Crippen molar-refractivity contribution >= 4 is 17.6 Å². The van der Waals surface area contributed by atoms with Gasteiger partial charge in [-0.25, -0.2) is 0 Å². The lowest BCUT2D eigenvalue weighted by Crippen LogP contribution is -2.37. The van der Waals surface area contributed by atoms with E-state index in [4.69, 9.17) is 22.1 Å². The first-order valence-corrected chi connectivity index (χ1v) is 4.42. The van der Waals surface area contributed by atoms with Gasteiger partial charge in [-0.3, -0.25) is 4.79 Å². The fourth-order valence-corrected chi connectivity index (χ4v) is 0.866. The number of halogens is 1. The van der Waals surface area contributed by atoms with E-state index in [1.165, 1.54) is 0 Å². The monoisotopic (exact) mass is 205 g/mol. The average Bonchev–Trinajstić information content (AvgIpc) is 1.81. The SMILES string of the molecule is C=C(Cl)C[C@H](N)C(=O)OC(C)(C)C. The van der Waals surface area contributed by atoms with E-state index in [1.54, 1.807) is 20.8 Å². The third-order valence-electron chi connectivity index (χ3n) is 1.15. The Hall–Kier alpha value is -0.540. The van der Waals surface area contributed by atoms with Crippen molar-refractivity contribution in [2.45, 2.75) is 38.8 Å². The molecule has 2 N–H and O–H groups in total. The van der Waals surface area contributed by atoms with E-state index < -0.39 is 17.6 Å². The summed E-state index contributed by atoms with van der Waals surface area (Å²) in [4.78, 5) is 11.2. The van der Waals surface area contributed by atoms with E-state index >= 15 is 0 Å². The molecule has 0 unspecified atom stereocenters. The number of nitrogens with two attached hydrogens (primary N) is 1. The number of carbonyl (C=O) groups is 1. The molecule has 0 saturated carbocycles. The maximum atomic E-state index is 11.2. The topological polar surface area (TPSA) is 52.3 Å². The first kappa shape index (κ1) is 12.5. The zero-order valence-electron chi connectivity index (χ0n) is 8.26. The van der Waals surface area contributed by atoms with Crippen molar-refractivity contribution in [1.29, 1.82) is 0 Å². The van der Waals surface area contributed by atoms with Crippen LogP contribution in [0, 0.1) is 0 Å². The molecule has 76 valence electrons. The van der Waals surface area contributed by atoms with Crippen LogP contribution < -0.4 is 5.73 Å². The Kier molecular flexibility index (Phi) is 4.44. The van der Waals surface area contributed by atoms with Crippen LogP contribution in [0.5, 0.6) is 0 Å². The third-order valence-corrected chi connectivity index (χ3v) is 1.31. The van der Waals surface area contributed by atoms with Gasteiger partial charge < -0.3 is 10.5 Å². The van der Waals surface area contributed by atoms with E-state index in [9.17, 15) is 4.79 Å². The van der Waals surface area contributed by atoms with Crippen LogP contribution in [0.25, 0.3) is 0 Å². The van der Waals surface area contributed by atoms with Crippen molar-refractivity contribution in [2.75, 3.05) is 0 Å². The van der Waals surface area contributed by atoms with Crippen molar-refractivity contribution in [1.82, 2.24) is 0 Å². The molecule has 0 rings (SSSR count). The molecule has 0 aromatic rings. The molecule has 0 bridgehead atoms. The molecular formula is C9H16ClNO2. The fraction of sp³-hybridized carbons (Fsp3) is 0.667. The predicted molar refractivity (Wildman–Crippen MR) is 53.4 cm³/mol. The van der Waals surface area contributed by atoms with Gasteiger partial charge in [0.05, 0.1) is 0 Å². The number of rotatable bonds is 3. The predicted octanol–water partition coefficient (Wildman–Crippen LogP) is 1.80. The van der Waals surface area contributed by atoms with Crippen molar-refractivity contribution in [3.8, 4) is 0 Å². The molecule has 0 saturated heterocycles. The van der Waals surface area contributed by atoms with Gasteiger partial charge in [-0.2, -0.15) is 0 Å². The maximum absolute atomic E-state index is 11.2. The number of hydrogen-bond acceptors (Lipinski definition) is 3. The highest BCUT2D eigenvalue weighted by molar-refractivity contribution is 6.29. The van der Waals surface area contributed by atoms with Gasteiger partial charge in [-0.05, 0) is 20.8 Å². The van der Waals surface area contributed by atoms with E-state index in [1.807, 2.05) is 0 Å². The lowest BCUT2D eigenvalue weighted by molar-refractivity contribution is -0.156. The summed E-state index contributed by atoms with van der Waals surface area (Å²) in [6.07, 6.45) is 0.246. The van der Waals surface area contributed by atoms with Crippen LogP contribution in [0.1, 0.15) is 27.2 Å². The molecule has 0 aromatic carbocycles. The molecule has 0 fully saturated rings. The van der Waals surface area contributed by atoms with Gasteiger partial charge >= 0.3 is 5.97 Å². The third kappa shape index (κ3) is 6.61. The molecule has 0 aromatic heterocycles. The Labute approximate surface area is 83.9 Å². The summed E-state index contributed by atoms with van der Waals surface area (Å²) in [7, 11) is 0. The molecule has 13 heavy (non-hydrogen) atoms. The molecular weight excluding hydrogens is 190 g/mol. The lowest BCUT2D eigenvalue weighted by Gasteiger charge is -2.21. The minimum atomic E-state index is -0.718. The summed E-state index contributed by atoms with van der Waals surface area (Å²) < 4.78 is 5.04. The summed E-state index contributed by atoms with van der Waals surface area (Å²) >= 11 is 5.51. The van der Waals surface area contributed by atoms with Gasteiger partial charge in [0.2, 0.25) is 0 Å². The largest absolute Gasteiger partial charge is 0.459 e.